The number of carbonyl (C=O) groups excluding carboxylic acids is 2. The number of hydrogen-bond donors (Lipinski definition) is 3. The summed E-state index contributed by atoms with van der Waals surface area (Å²) in [5.41, 5.74) is 1.88. The Kier molecular flexibility index (Phi) is 5.67. The van der Waals surface area contributed by atoms with Gasteiger partial charge >= 0.3 is 6.03 Å². The molecule has 0 saturated carbocycles. The van der Waals surface area contributed by atoms with Gasteiger partial charge in [0.2, 0.25) is 0 Å². The molecular weight excluding hydrogens is 397 g/mol. The molecule has 0 spiro atoms. The molecule has 3 rings (SSSR count). The lowest BCUT2D eigenvalue weighted by molar-refractivity contribution is 0.102. The second-order valence-electron chi connectivity index (χ2n) is 5.03. The smallest absolute Gasteiger partial charge is 0.321 e. The van der Waals surface area contributed by atoms with Crippen LogP contribution in [0.2, 0.25) is 10.0 Å². The van der Waals surface area contributed by atoms with Crippen LogP contribution in [0.3, 0.4) is 0 Å². The first kappa shape index (κ1) is 18.1. The van der Waals surface area contributed by atoms with Crippen molar-refractivity contribution in [3.05, 3.63) is 63.6 Å². The molecule has 0 aliphatic rings. The van der Waals surface area contributed by atoms with Crippen LogP contribution in [0.4, 0.5) is 21.9 Å². The fourth-order valence-electron chi connectivity index (χ4n) is 1.96. The number of urea groups is 1. The summed E-state index contributed by atoms with van der Waals surface area (Å²) < 4.78 is 3.64. The van der Waals surface area contributed by atoms with Gasteiger partial charge in [0, 0.05) is 22.4 Å². The zero-order valence-corrected chi connectivity index (χ0v) is 15.3. The molecule has 26 heavy (non-hydrogen) atoms. The van der Waals surface area contributed by atoms with Crippen LogP contribution in [-0.2, 0) is 0 Å². The van der Waals surface area contributed by atoms with Crippen LogP contribution in [0.1, 0.15) is 10.5 Å². The summed E-state index contributed by atoms with van der Waals surface area (Å²) >= 11 is 12.8. The van der Waals surface area contributed by atoms with E-state index in [0.29, 0.717) is 27.1 Å². The molecule has 7 nitrogen and oxygen atoms in total. The molecule has 1 heterocycles. The van der Waals surface area contributed by atoms with Gasteiger partial charge in [-0.1, -0.05) is 27.7 Å². The van der Waals surface area contributed by atoms with Gasteiger partial charge in [-0.05, 0) is 54.0 Å². The number of anilines is 3. The number of benzene rings is 2. The van der Waals surface area contributed by atoms with Crippen molar-refractivity contribution in [3.8, 4) is 0 Å². The van der Waals surface area contributed by atoms with Crippen molar-refractivity contribution >= 4 is 63.7 Å². The first-order valence-corrected chi connectivity index (χ1v) is 8.82. The maximum Gasteiger partial charge on any atom is 0.323 e. The van der Waals surface area contributed by atoms with Gasteiger partial charge in [-0.3, -0.25) is 4.79 Å². The molecule has 0 saturated heterocycles. The van der Waals surface area contributed by atoms with Gasteiger partial charge in [-0.25, -0.2) is 4.79 Å². The van der Waals surface area contributed by atoms with Crippen molar-refractivity contribution in [2.24, 2.45) is 0 Å². The minimum atomic E-state index is -0.436. The van der Waals surface area contributed by atoms with Gasteiger partial charge in [-0.2, -0.15) is 0 Å². The lowest BCUT2D eigenvalue weighted by Crippen LogP contribution is -2.19. The molecule has 132 valence electrons. The van der Waals surface area contributed by atoms with Crippen molar-refractivity contribution in [3.63, 3.8) is 0 Å². The predicted molar refractivity (Wildman–Crippen MR) is 103 cm³/mol. The lowest BCUT2D eigenvalue weighted by Gasteiger charge is -2.09. The van der Waals surface area contributed by atoms with Gasteiger partial charge < -0.3 is 16.0 Å². The van der Waals surface area contributed by atoms with Crippen molar-refractivity contribution in [2.45, 2.75) is 0 Å². The van der Waals surface area contributed by atoms with Crippen molar-refractivity contribution in [2.75, 3.05) is 16.0 Å². The van der Waals surface area contributed by atoms with Gasteiger partial charge in [0.05, 0.1) is 10.0 Å². The average Bonchev–Trinajstić information content (AvgIpc) is 3.15. The summed E-state index contributed by atoms with van der Waals surface area (Å²) in [4.78, 5) is 23.9. The monoisotopic (exact) mass is 407 g/mol. The number of amides is 3. The second kappa shape index (κ2) is 8.13. The van der Waals surface area contributed by atoms with E-state index < -0.39 is 6.03 Å². The Hall–Kier alpha value is -2.68. The van der Waals surface area contributed by atoms with Crippen LogP contribution in [-0.4, -0.2) is 21.5 Å². The van der Waals surface area contributed by atoms with Crippen LogP contribution >= 0.6 is 34.7 Å². The summed E-state index contributed by atoms with van der Waals surface area (Å²) in [6.45, 7) is 0. The van der Waals surface area contributed by atoms with Crippen LogP contribution in [0.25, 0.3) is 0 Å². The van der Waals surface area contributed by atoms with Crippen LogP contribution < -0.4 is 16.0 Å². The standard InChI is InChI=1S/C16H11Cl2N5O2S/c17-12-6-5-11(7-13(12)18)21-16(25)20-10-3-1-9(2-4-10)19-15(24)14-8-26-23-22-14/h1-8H,(H,19,24)(H2,20,21,25). The van der Waals surface area contributed by atoms with E-state index in [1.807, 2.05) is 0 Å². The largest absolute Gasteiger partial charge is 0.323 e. The van der Waals surface area contributed by atoms with E-state index in [0.717, 1.165) is 11.5 Å². The quantitative estimate of drug-likeness (QED) is 0.581. The summed E-state index contributed by atoms with van der Waals surface area (Å²) in [7, 11) is 0. The molecule has 3 amide bonds. The van der Waals surface area contributed by atoms with Crippen LogP contribution in [0.5, 0.6) is 0 Å². The highest BCUT2D eigenvalue weighted by atomic mass is 35.5. The van der Waals surface area contributed by atoms with Crippen molar-refractivity contribution in [1.82, 2.24) is 9.59 Å². The highest BCUT2D eigenvalue weighted by Crippen LogP contribution is 2.25. The first-order chi connectivity index (χ1) is 12.5. The molecule has 1 aromatic heterocycles. The molecular formula is C16H11Cl2N5O2S. The van der Waals surface area contributed by atoms with Gasteiger partial charge in [0.25, 0.3) is 5.91 Å². The highest BCUT2D eigenvalue weighted by Gasteiger charge is 2.09. The Morgan fingerprint density at radius 2 is 1.46 bits per heavy atom. The summed E-state index contributed by atoms with van der Waals surface area (Å²) in [6, 6.07) is 11.0. The zero-order chi connectivity index (χ0) is 18.5. The third kappa shape index (κ3) is 4.69. The number of nitrogens with zero attached hydrogens (tertiary/aromatic N) is 2. The minimum absolute atomic E-state index is 0.248. The number of nitrogens with one attached hydrogen (secondary N) is 3. The molecule has 3 aromatic rings. The van der Waals surface area contributed by atoms with E-state index in [1.54, 1.807) is 47.8 Å². The molecule has 0 aliphatic heterocycles. The molecule has 0 unspecified atom stereocenters. The molecule has 0 radical (unpaired) electrons. The molecule has 3 N–H and O–H groups in total. The van der Waals surface area contributed by atoms with Gasteiger partial charge in [0.15, 0.2) is 5.69 Å². The Morgan fingerprint density at radius 3 is 2.08 bits per heavy atom. The van der Waals surface area contributed by atoms with Gasteiger partial charge in [0.1, 0.15) is 0 Å². The fourth-order valence-corrected chi connectivity index (χ4v) is 2.70. The number of rotatable bonds is 4. The molecule has 0 aliphatic carbocycles. The molecule has 0 fully saturated rings. The van der Waals surface area contributed by atoms with Gasteiger partial charge in [-0.15, -0.1) is 5.10 Å². The number of carbonyl (C=O) groups is 2. The Morgan fingerprint density at radius 1 is 0.846 bits per heavy atom. The second-order valence-corrected chi connectivity index (χ2v) is 6.45. The summed E-state index contributed by atoms with van der Waals surface area (Å²) in [5.74, 6) is -0.350. The molecule has 0 bridgehead atoms. The van der Waals surface area contributed by atoms with E-state index in [2.05, 4.69) is 25.5 Å². The lowest BCUT2D eigenvalue weighted by atomic mass is 10.2. The highest BCUT2D eigenvalue weighted by molar-refractivity contribution is 7.03. The van der Waals surface area contributed by atoms with Crippen molar-refractivity contribution < 1.29 is 9.59 Å². The predicted octanol–water partition coefficient (Wildman–Crippen LogP) is 4.74. The topological polar surface area (TPSA) is 96.0 Å². The zero-order valence-electron chi connectivity index (χ0n) is 13.0. The number of aromatic nitrogens is 2. The summed E-state index contributed by atoms with van der Waals surface area (Å²) in [5, 5.41) is 14.0. The normalized spacial score (nSPS) is 10.2. The van der Waals surface area contributed by atoms with Crippen molar-refractivity contribution in [1.29, 1.82) is 0 Å². The summed E-state index contributed by atoms with van der Waals surface area (Å²) in [6.07, 6.45) is 0. The van der Waals surface area contributed by atoms with E-state index in [9.17, 15) is 9.59 Å². The van der Waals surface area contributed by atoms with Crippen LogP contribution in [0.15, 0.2) is 47.8 Å². The third-order valence-corrected chi connectivity index (χ3v) is 4.41. The molecule has 0 atom stereocenters. The van der Waals surface area contributed by atoms with Crippen LogP contribution in [0, 0.1) is 0 Å². The molecule has 10 heteroatoms. The average molecular weight is 408 g/mol. The first-order valence-electron chi connectivity index (χ1n) is 7.23. The Bertz CT molecular complexity index is 932. The maximum absolute atomic E-state index is 12.0. The molecule has 2 aromatic carbocycles. The maximum atomic E-state index is 12.0. The number of halogens is 2. The Balaban J connectivity index is 1.57. The third-order valence-electron chi connectivity index (χ3n) is 3.17. The van der Waals surface area contributed by atoms with E-state index in [4.69, 9.17) is 23.2 Å². The number of hydrogen-bond acceptors (Lipinski definition) is 5. The minimum Gasteiger partial charge on any atom is -0.321 e. The van der Waals surface area contributed by atoms with E-state index in [1.165, 1.54) is 0 Å². The van der Waals surface area contributed by atoms with E-state index >= 15 is 0 Å². The fraction of sp³-hybridized carbons (Fsp3) is 0. The van der Waals surface area contributed by atoms with E-state index in [-0.39, 0.29) is 11.6 Å². The SMILES string of the molecule is O=C(Nc1ccc(NC(=O)c2csnn2)cc1)Nc1ccc(Cl)c(Cl)c1. The Labute approximate surface area is 162 Å².